The number of hydrogen-bond donors (Lipinski definition) is 1. The molecule has 1 aliphatic heterocycles. The van der Waals surface area contributed by atoms with Crippen molar-refractivity contribution in [2.75, 3.05) is 13.7 Å². The van der Waals surface area contributed by atoms with E-state index >= 15 is 0 Å². The van der Waals surface area contributed by atoms with Gasteiger partial charge in [-0.1, -0.05) is 6.07 Å². The van der Waals surface area contributed by atoms with E-state index in [1.165, 1.54) is 5.56 Å². The molecule has 0 fully saturated rings. The van der Waals surface area contributed by atoms with Crippen LogP contribution >= 0.6 is 0 Å². The maximum absolute atomic E-state index is 5.82. The van der Waals surface area contributed by atoms with Crippen LogP contribution in [0.4, 0.5) is 0 Å². The molecular formula is C12H17NO2. The lowest BCUT2D eigenvalue weighted by molar-refractivity contribution is 0.319. The van der Waals surface area contributed by atoms with Crippen molar-refractivity contribution < 1.29 is 9.47 Å². The van der Waals surface area contributed by atoms with Gasteiger partial charge in [-0.05, 0) is 25.5 Å². The summed E-state index contributed by atoms with van der Waals surface area (Å²) in [6.07, 6.45) is 0.938. The topological polar surface area (TPSA) is 44.5 Å². The molecule has 2 N–H and O–H groups in total. The molecule has 0 aromatic heterocycles. The Labute approximate surface area is 90.2 Å². The first kappa shape index (κ1) is 10.3. The van der Waals surface area contributed by atoms with Gasteiger partial charge in [-0.25, -0.2) is 0 Å². The fourth-order valence-electron chi connectivity index (χ4n) is 2.14. The van der Waals surface area contributed by atoms with E-state index in [-0.39, 0.29) is 6.04 Å². The monoisotopic (exact) mass is 207 g/mol. The Hall–Kier alpha value is -1.22. The van der Waals surface area contributed by atoms with Crippen LogP contribution in [0.25, 0.3) is 0 Å². The van der Waals surface area contributed by atoms with Crippen LogP contribution in [0.2, 0.25) is 0 Å². The van der Waals surface area contributed by atoms with Crippen molar-refractivity contribution >= 4 is 0 Å². The molecule has 0 saturated heterocycles. The normalized spacial score (nSPS) is 20.6. The number of ether oxygens (including phenoxy) is 2. The van der Waals surface area contributed by atoms with E-state index in [1.807, 2.05) is 25.1 Å². The highest BCUT2D eigenvalue weighted by Gasteiger charge is 2.28. The van der Waals surface area contributed by atoms with Crippen molar-refractivity contribution in [2.24, 2.45) is 5.73 Å². The summed E-state index contributed by atoms with van der Waals surface area (Å²) in [5, 5.41) is 0. The lowest BCUT2D eigenvalue weighted by atomic mass is 9.94. The largest absolute Gasteiger partial charge is 0.496 e. The Morgan fingerprint density at radius 3 is 3.07 bits per heavy atom. The zero-order valence-electron chi connectivity index (χ0n) is 9.19. The average Bonchev–Trinajstić information content (AvgIpc) is 2.61. The summed E-state index contributed by atoms with van der Waals surface area (Å²) in [5.41, 5.74) is 7.00. The summed E-state index contributed by atoms with van der Waals surface area (Å²) in [7, 11) is 1.69. The third kappa shape index (κ3) is 1.92. The van der Waals surface area contributed by atoms with Gasteiger partial charge in [-0.15, -0.1) is 0 Å². The van der Waals surface area contributed by atoms with Crippen molar-refractivity contribution in [3.8, 4) is 11.5 Å². The van der Waals surface area contributed by atoms with Gasteiger partial charge in [0.1, 0.15) is 11.5 Å². The summed E-state index contributed by atoms with van der Waals surface area (Å²) in [6, 6.07) is 6.10. The van der Waals surface area contributed by atoms with Crippen molar-refractivity contribution in [3.05, 3.63) is 23.8 Å². The molecule has 0 aliphatic carbocycles. The number of benzene rings is 1. The average molecular weight is 207 g/mol. The molecule has 2 unspecified atom stereocenters. The maximum atomic E-state index is 5.82. The smallest absolute Gasteiger partial charge is 0.126 e. The van der Waals surface area contributed by atoms with Gasteiger partial charge in [0.05, 0.1) is 13.7 Å². The minimum absolute atomic E-state index is 0.189. The number of rotatable bonds is 3. The van der Waals surface area contributed by atoms with Gasteiger partial charge in [0.2, 0.25) is 0 Å². The molecule has 1 heterocycles. The molecule has 0 amide bonds. The van der Waals surface area contributed by atoms with Crippen LogP contribution < -0.4 is 15.2 Å². The summed E-state index contributed by atoms with van der Waals surface area (Å²) >= 11 is 0. The molecule has 1 aromatic rings. The van der Waals surface area contributed by atoms with E-state index in [0.717, 1.165) is 24.5 Å². The quantitative estimate of drug-likeness (QED) is 0.823. The van der Waals surface area contributed by atoms with E-state index in [4.69, 9.17) is 15.2 Å². The van der Waals surface area contributed by atoms with Crippen molar-refractivity contribution in [2.45, 2.75) is 25.3 Å². The minimum atomic E-state index is 0.189. The third-order valence-corrected chi connectivity index (χ3v) is 2.75. The second kappa shape index (κ2) is 4.11. The molecular weight excluding hydrogens is 190 g/mol. The predicted molar refractivity (Wildman–Crippen MR) is 59.5 cm³/mol. The van der Waals surface area contributed by atoms with Gasteiger partial charge in [0.25, 0.3) is 0 Å². The fourth-order valence-corrected chi connectivity index (χ4v) is 2.14. The van der Waals surface area contributed by atoms with Crippen LogP contribution in [0, 0.1) is 0 Å². The molecule has 0 bridgehead atoms. The fraction of sp³-hybridized carbons (Fsp3) is 0.500. The molecule has 2 atom stereocenters. The van der Waals surface area contributed by atoms with Crippen LogP contribution in [0.1, 0.15) is 24.8 Å². The molecule has 3 heteroatoms. The Morgan fingerprint density at radius 2 is 2.40 bits per heavy atom. The minimum Gasteiger partial charge on any atom is -0.496 e. The highest BCUT2D eigenvalue weighted by Crippen LogP contribution is 2.42. The number of nitrogens with two attached hydrogens (primary N) is 1. The van der Waals surface area contributed by atoms with Gasteiger partial charge < -0.3 is 15.2 Å². The lowest BCUT2D eigenvalue weighted by Crippen LogP contribution is -2.19. The Bertz CT molecular complexity index is 349. The van der Waals surface area contributed by atoms with E-state index in [2.05, 4.69) is 0 Å². The molecule has 2 rings (SSSR count). The van der Waals surface area contributed by atoms with Gasteiger partial charge in [-0.3, -0.25) is 0 Å². The Balaban J connectivity index is 2.31. The molecule has 3 nitrogen and oxygen atoms in total. The van der Waals surface area contributed by atoms with Crippen LogP contribution in [0.3, 0.4) is 0 Å². The zero-order valence-corrected chi connectivity index (χ0v) is 9.19. The number of methoxy groups -OCH3 is 1. The molecule has 0 saturated carbocycles. The molecule has 1 aliphatic rings. The van der Waals surface area contributed by atoms with E-state index in [0.29, 0.717) is 5.92 Å². The Morgan fingerprint density at radius 1 is 1.60 bits per heavy atom. The SMILES string of the molecule is COc1cccc2c1C(CC(C)N)CO2. The maximum Gasteiger partial charge on any atom is 0.126 e. The first-order valence-electron chi connectivity index (χ1n) is 5.27. The number of hydrogen-bond acceptors (Lipinski definition) is 3. The Kier molecular flexibility index (Phi) is 2.82. The van der Waals surface area contributed by atoms with Gasteiger partial charge in [0.15, 0.2) is 0 Å². The van der Waals surface area contributed by atoms with E-state index in [9.17, 15) is 0 Å². The second-order valence-electron chi connectivity index (χ2n) is 4.09. The van der Waals surface area contributed by atoms with Crippen LogP contribution in [-0.2, 0) is 0 Å². The summed E-state index contributed by atoms with van der Waals surface area (Å²) in [6.45, 7) is 2.74. The van der Waals surface area contributed by atoms with Crippen LogP contribution in [0.15, 0.2) is 18.2 Å². The standard InChI is InChI=1S/C12H17NO2/c1-8(13)6-9-7-15-11-5-3-4-10(14-2)12(9)11/h3-5,8-9H,6-7,13H2,1-2H3. The van der Waals surface area contributed by atoms with Gasteiger partial charge in [0, 0.05) is 17.5 Å². The first-order chi connectivity index (χ1) is 7.22. The molecule has 0 radical (unpaired) electrons. The molecule has 82 valence electrons. The van der Waals surface area contributed by atoms with Crippen LogP contribution in [0.5, 0.6) is 11.5 Å². The number of fused-ring (bicyclic) bond motifs is 1. The van der Waals surface area contributed by atoms with E-state index in [1.54, 1.807) is 7.11 Å². The lowest BCUT2D eigenvalue weighted by Gasteiger charge is -2.14. The highest BCUT2D eigenvalue weighted by molar-refractivity contribution is 5.49. The van der Waals surface area contributed by atoms with Crippen molar-refractivity contribution in [1.82, 2.24) is 0 Å². The second-order valence-corrected chi connectivity index (χ2v) is 4.09. The third-order valence-electron chi connectivity index (χ3n) is 2.75. The van der Waals surface area contributed by atoms with Gasteiger partial charge in [-0.2, -0.15) is 0 Å². The molecule has 0 spiro atoms. The summed E-state index contributed by atoms with van der Waals surface area (Å²) in [5.74, 6) is 2.23. The highest BCUT2D eigenvalue weighted by atomic mass is 16.5. The molecule has 1 aromatic carbocycles. The molecule has 15 heavy (non-hydrogen) atoms. The summed E-state index contributed by atoms with van der Waals surface area (Å²) < 4.78 is 11.0. The first-order valence-corrected chi connectivity index (χ1v) is 5.27. The van der Waals surface area contributed by atoms with Gasteiger partial charge >= 0.3 is 0 Å². The van der Waals surface area contributed by atoms with E-state index < -0.39 is 0 Å². The summed E-state index contributed by atoms with van der Waals surface area (Å²) in [4.78, 5) is 0. The zero-order chi connectivity index (χ0) is 10.8. The van der Waals surface area contributed by atoms with Crippen molar-refractivity contribution in [1.29, 1.82) is 0 Å². The van der Waals surface area contributed by atoms with Crippen LogP contribution in [-0.4, -0.2) is 19.8 Å². The predicted octanol–water partition coefficient (Wildman–Crippen LogP) is 1.91. The van der Waals surface area contributed by atoms with Crippen molar-refractivity contribution in [3.63, 3.8) is 0 Å².